The number of likely N-dealkylation sites (tertiary alicyclic amines) is 1. The Morgan fingerprint density at radius 2 is 2.04 bits per heavy atom. The molecule has 0 radical (unpaired) electrons. The van der Waals surface area contributed by atoms with Crippen LogP contribution in [0.5, 0.6) is 17.2 Å². The number of aldehydes is 1. The smallest absolute Gasteiger partial charge is 0.375 e. The summed E-state index contributed by atoms with van der Waals surface area (Å²) in [7, 11) is 3.24. The maximum absolute atomic E-state index is 13.6. The molecule has 2 aliphatic carbocycles. The van der Waals surface area contributed by atoms with Crippen molar-refractivity contribution in [2.24, 2.45) is 16.8 Å². The minimum Gasteiger partial charge on any atom is -0.496 e. The molecule has 2 aromatic carbocycles. The van der Waals surface area contributed by atoms with Gasteiger partial charge in [-0.1, -0.05) is 29.9 Å². The second kappa shape index (κ2) is 15.7. The number of hydrogen-bond donors (Lipinski definition) is 2. The zero-order valence-electron chi connectivity index (χ0n) is 32.3. The van der Waals surface area contributed by atoms with Gasteiger partial charge in [-0.05, 0) is 74.4 Å². The van der Waals surface area contributed by atoms with E-state index in [0.717, 1.165) is 54.2 Å². The molecule has 56 heavy (non-hydrogen) atoms. The first-order chi connectivity index (χ1) is 27.2. The van der Waals surface area contributed by atoms with Gasteiger partial charge in [0, 0.05) is 62.6 Å². The van der Waals surface area contributed by atoms with Gasteiger partial charge in [0.25, 0.3) is 0 Å². The first kappa shape index (κ1) is 38.3. The van der Waals surface area contributed by atoms with Crippen molar-refractivity contribution < 1.29 is 48.3 Å². The molecular formula is C44H50N2O10. The summed E-state index contributed by atoms with van der Waals surface area (Å²) in [6.07, 6.45) is 9.52. The average molecular weight is 767 g/mol. The van der Waals surface area contributed by atoms with Crippen LogP contribution in [-0.4, -0.2) is 98.5 Å². The number of carbonyl (C=O) groups is 3. The van der Waals surface area contributed by atoms with Gasteiger partial charge in [-0.25, -0.2) is 4.79 Å². The Morgan fingerprint density at radius 1 is 1.18 bits per heavy atom. The van der Waals surface area contributed by atoms with E-state index in [9.17, 15) is 24.6 Å². The van der Waals surface area contributed by atoms with Gasteiger partial charge in [0.05, 0.1) is 48.9 Å². The number of allylic oxidation sites excluding steroid dienone is 3. The van der Waals surface area contributed by atoms with E-state index in [1.165, 1.54) is 7.11 Å². The van der Waals surface area contributed by atoms with E-state index in [2.05, 4.69) is 16.0 Å². The van der Waals surface area contributed by atoms with Crippen molar-refractivity contribution in [3.05, 3.63) is 80.1 Å². The number of nitrogens with zero attached hydrogens (tertiary/aromatic N) is 2. The lowest BCUT2D eigenvalue weighted by atomic mass is 9.66. The quantitative estimate of drug-likeness (QED) is 0.150. The highest BCUT2D eigenvalue weighted by molar-refractivity contribution is 6.11. The standard InChI is InChI=1S/C44H50N2O10/c1-4-54-43(50)42-31(23-47)37(27-9-11-35(49)29(20-27)25-8-10-34-26(19-25)12-15-45-34)38-40(53-3)30-21-36(55-39(30)32(24-48)41(38)56-42)44(51)14-5-7-28-22-46(16-6-18-52-2)17-13-33(28)44/h5,7-8,10,12,19,23,28-29,33,36,48,51H,4,6,9,11,13-18,20-22,24H2,1-3H3. The van der Waals surface area contributed by atoms with Crippen LogP contribution in [0, 0.1) is 11.8 Å². The summed E-state index contributed by atoms with van der Waals surface area (Å²) < 4.78 is 29.9. The topological polar surface area (TPSA) is 153 Å². The van der Waals surface area contributed by atoms with Crippen LogP contribution in [0.1, 0.15) is 73.6 Å². The van der Waals surface area contributed by atoms with Gasteiger partial charge in [-0.15, -0.1) is 0 Å². The molecule has 4 heterocycles. The maximum Gasteiger partial charge on any atom is 0.375 e. The summed E-state index contributed by atoms with van der Waals surface area (Å²) in [6, 6.07) is 5.88. The van der Waals surface area contributed by atoms with E-state index in [-0.39, 0.29) is 59.7 Å². The van der Waals surface area contributed by atoms with Gasteiger partial charge in [-0.3, -0.25) is 14.6 Å². The predicted octanol–water partition coefficient (Wildman–Crippen LogP) is 3.27. The fourth-order valence-electron chi connectivity index (χ4n) is 9.95. The molecule has 12 heteroatoms. The SMILES string of the molecule is CCOC(=O)C1=C(C=O)C(=C2CCC(=O)C(c3ccc4c(c3)=CCN=4)C2)c2c(OC)c3c(c(CO)c2O1)OC(C1(O)CC=CC2CN(CCCOC)CCC21)C3. The Hall–Kier alpha value is -4.62. The van der Waals surface area contributed by atoms with Gasteiger partial charge in [0.2, 0.25) is 5.76 Å². The molecule has 5 unspecified atom stereocenters. The lowest BCUT2D eigenvalue weighted by Gasteiger charge is -2.49. The van der Waals surface area contributed by atoms with Crippen LogP contribution in [0.3, 0.4) is 0 Å². The lowest BCUT2D eigenvalue weighted by Crippen LogP contribution is -2.58. The summed E-state index contributed by atoms with van der Waals surface area (Å²) in [5, 5.41) is 25.6. The predicted molar refractivity (Wildman–Crippen MR) is 206 cm³/mol. The van der Waals surface area contributed by atoms with Crippen LogP contribution in [0.15, 0.2) is 52.2 Å². The number of ketones is 1. The summed E-state index contributed by atoms with van der Waals surface area (Å²) >= 11 is 0. The van der Waals surface area contributed by atoms with Gasteiger partial charge >= 0.3 is 5.97 Å². The maximum atomic E-state index is 13.6. The molecule has 1 saturated heterocycles. The molecule has 4 aliphatic heterocycles. The molecule has 6 aliphatic rings. The molecule has 12 nitrogen and oxygen atoms in total. The normalized spacial score (nSPS) is 27.9. The van der Waals surface area contributed by atoms with Crippen molar-refractivity contribution in [1.29, 1.82) is 0 Å². The molecule has 2 aromatic rings. The highest BCUT2D eigenvalue weighted by atomic mass is 16.6. The Bertz CT molecular complexity index is 2170. The zero-order chi connectivity index (χ0) is 39.1. The molecule has 0 aromatic heterocycles. The number of benzene rings is 2. The highest BCUT2D eigenvalue weighted by Gasteiger charge is 2.54. The molecule has 1 saturated carbocycles. The molecule has 296 valence electrons. The van der Waals surface area contributed by atoms with Crippen LogP contribution in [0.25, 0.3) is 11.6 Å². The van der Waals surface area contributed by atoms with Crippen LogP contribution in [0.2, 0.25) is 0 Å². The Kier molecular flexibility index (Phi) is 10.7. The van der Waals surface area contributed by atoms with E-state index in [1.807, 2.05) is 30.4 Å². The third-order valence-electron chi connectivity index (χ3n) is 12.6. The monoisotopic (exact) mass is 766 g/mol. The van der Waals surface area contributed by atoms with Crippen molar-refractivity contribution in [2.75, 3.05) is 53.6 Å². The summed E-state index contributed by atoms with van der Waals surface area (Å²) in [6.45, 7) is 5.09. The fourth-order valence-corrected chi connectivity index (χ4v) is 9.95. The van der Waals surface area contributed by atoms with E-state index < -0.39 is 30.2 Å². The number of aliphatic hydroxyl groups is 2. The van der Waals surface area contributed by atoms with Crippen molar-refractivity contribution in [3.63, 3.8) is 0 Å². The molecule has 2 fully saturated rings. The highest BCUT2D eigenvalue weighted by Crippen LogP contribution is 2.57. The molecule has 2 N–H and O–H groups in total. The van der Waals surface area contributed by atoms with Gasteiger partial charge in [0.15, 0.2) is 6.29 Å². The number of esters is 1. The lowest BCUT2D eigenvalue weighted by molar-refractivity contribution is -0.141. The van der Waals surface area contributed by atoms with Crippen LogP contribution in [0.4, 0.5) is 0 Å². The zero-order valence-corrected chi connectivity index (χ0v) is 32.3. The van der Waals surface area contributed by atoms with Gasteiger partial charge in [-0.2, -0.15) is 0 Å². The third-order valence-corrected chi connectivity index (χ3v) is 12.6. The number of carbonyl (C=O) groups excluding carboxylic acids is 3. The van der Waals surface area contributed by atoms with E-state index in [4.69, 9.17) is 23.7 Å². The first-order valence-corrected chi connectivity index (χ1v) is 19.8. The molecule has 0 bridgehead atoms. The molecule has 0 amide bonds. The summed E-state index contributed by atoms with van der Waals surface area (Å²) in [5.74, 6) is -0.625. The molecular weight excluding hydrogens is 716 g/mol. The third kappa shape index (κ3) is 6.50. The van der Waals surface area contributed by atoms with Crippen molar-refractivity contribution >= 4 is 29.7 Å². The number of aliphatic hydroxyl groups excluding tert-OH is 1. The average Bonchev–Trinajstić information content (AvgIpc) is 3.88. The van der Waals surface area contributed by atoms with Crippen molar-refractivity contribution in [3.8, 4) is 17.2 Å². The van der Waals surface area contributed by atoms with Gasteiger partial charge < -0.3 is 38.8 Å². The van der Waals surface area contributed by atoms with E-state index >= 15 is 0 Å². The molecule has 0 spiro atoms. The number of Topliss-reactive ketones (excluding diaryl/α,β-unsaturated/α-hetero) is 1. The summed E-state index contributed by atoms with van der Waals surface area (Å²) in [4.78, 5) is 47.2. The van der Waals surface area contributed by atoms with Crippen molar-refractivity contribution in [2.45, 2.75) is 76.1 Å². The Morgan fingerprint density at radius 3 is 2.80 bits per heavy atom. The molecule has 5 atom stereocenters. The van der Waals surface area contributed by atoms with Crippen LogP contribution >= 0.6 is 0 Å². The number of methoxy groups -OCH3 is 2. The minimum atomic E-state index is -1.21. The van der Waals surface area contributed by atoms with Gasteiger partial charge in [0.1, 0.15) is 34.7 Å². The number of rotatable bonds is 11. The Balaban J connectivity index is 1.22. The number of fused-ring (bicyclic) bond motifs is 4. The second-order valence-electron chi connectivity index (χ2n) is 15.6. The summed E-state index contributed by atoms with van der Waals surface area (Å²) in [5.41, 5.74) is 2.20. The van der Waals surface area contributed by atoms with Crippen LogP contribution < -0.4 is 24.8 Å². The fraction of sp³-hybridized carbons (Fsp3) is 0.500. The van der Waals surface area contributed by atoms with E-state index in [1.54, 1.807) is 14.0 Å². The van der Waals surface area contributed by atoms with E-state index in [0.29, 0.717) is 66.9 Å². The largest absolute Gasteiger partial charge is 0.496 e. The minimum absolute atomic E-state index is 0.00566. The number of ether oxygens (including phenoxy) is 5. The Labute approximate surface area is 326 Å². The molecule has 8 rings (SSSR count). The second-order valence-corrected chi connectivity index (χ2v) is 15.6. The van der Waals surface area contributed by atoms with Crippen molar-refractivity contribution in [1.82, 2.24) is 4.90 Å². The first-order valence-electron chi connectivity index (χ1n) is 19.8. The number of hydrogen-bond acceptors (Lipinski definition) is 12. The van der Waals surface area contributed by atoms with Crippen LogP contribution in [-0.2, 0) is 36.9 Å². The number of piperidine rings is 1.